The van der Waals surface area contributed by atoms with Gasteiger partial charge in [-0.1, -0.05) is 23.8 Å². The molecule has 1 saturated heterocycles. The summed E-state index contributed by atoms with van der Waals surface area (Å²) < 4.78 is 0. The summed E-state index contributed by atoms with van der Waals surface area (Å²) in [5.74, 6) is 0. The lowest BCUT2D eigenvalue weighted by Gasteiger charge is -2.44. The molecule has 1 heterocycles. The number of aliphatic hydroxyl groups is 2. The molecule has 3 atom stereocenters. The Morgan fingerprint density at radius 3 is 2.61 bits per heavy atom. The van der Waals surface area contributed by atoms with Gasteiger partial charge in [-0.05, 0) is 45.4 Å². The van der Waals surface area contributed by atoms with E-state index in [1.807, 2.05) is 7.05 Å². The fourth-order valence-corrected chi connectivity index (χ4v) is 2.93. The number of rotatable bonds is 1. The lowest BCUT2D eigenvalue weighted by Crippen LogP contribution is -2.54. The van der Waals surface area contributed by atoms with Crippen LogP contribution in [0.1, 0.15) is 36.1 Å². The van der Waals surface area contributed by atoms with E-state index in [-0.39, 0.29) is 6.04 Å². The second-order valence-corrected chi connectivity index (χ2v) is 5.90. The maximum atomic E-state index is 10.1. The standard InChI is InChI=1S/C15H23NO2/c1-10-5-6-12(11(2)7-10)13-8-14(17)15(3,18)9-16(13)4/h5-7,13-14,17-18H,8-9H2,1-4H3/t13-,14-,15-/m0/s1. The predicted octanol–water partition coefficient (Wildman–Crippen LogP) is 1.79. The van der Waals surface area contributed by atoms with Crippen LogP contribution in [0, 0.1) is 13.8 Å². The first-order valence-electron chi connectivity index (χ1n) is 6.49. The van der Waals surface area contributed by atoms with Crippen LogP contribution in [0.25, 0.3) is 0 Å². The molecule has 0 unspecified atom stereocenters. The number of likely N-dealkylation sites (N-methyl/N-ethyl adjacent to an activating group) is 1. The van der Waals surface area contributed by atoms with Gasteiger partial charge in [-0.2, -0.15) is 0 Å². The molecule has 1 aromatic carbocycles. The second kappa shape index (κ2) is 4.65. The van der Waals surface area contributed by atoms with Crippen LogP contribution in [-0.4, -0.2) is 40.4 Å². The molecule has 0 bridgehead atoms. The van der Waals surface area contributed by atoms with Gasteiger partial charge in [0.05, 0.1) is 6.10 Å². The van der Waals surface area contributed by atoms with Crippen molar-refractivity contribution in [1.82, 2.24) is 4.90 Å². The van der Waals surface area contributed by atoms with Crippen molar-refractivity contribution in [1.29, 1.82) is 0 Å². The van der Waals surface area contributed by atoms with Gasteiger partial charge in [-0.25, -0.2) is 0 Å². The first-order valence-corrected chi connectivity index (χ1v) is 6.49. The van der Waals surface area contributed by atoms with E-state index in [4.69, 9.17) is 0 Å². The van der Waals surface area contributed by atoms with Crippen LogP contribution in [0.5, 0.6) is 0 Å². The maximum Gasteiger partial charge on any atom is 0.100 e. The van der Waals surface area contributed by atoms with Crippen molar-refractivity contribution >= 4 is 0 Å². The van der Waals surface area contributed by atoms with Crippen LogP contribution >= 0.6 is 0 Å². The van der Waals surface area contributed by atoms with E-state index < -0.39 is 11.7 Å². The molecule has 0 aromatic heterocycles. The Morgan fingerprint density at radius 1 is 1.33 bits per heavy atom. The molecule has 2 N–H and O–H groups in total. The van der Waals surface area contributed by atoms with Crippen molar-refractivity contribution in [2.24, 2.45) is 0 Å². The fourth-order valence-electron chi connectivity index (χ4n) is 2.93. The highest BCUT2D eigenvalue weighted by atomic mass is 16.3. The zero-order valence-electron chi connectivity index (χ0n) is 11.6. The van der Waals surface area contributed by atoms with Crippen molar-refractivity contribution in [2.45, 2.75) is 44.9 Å². The number of likely N-dealkylation sites (tertiary alicyclic amines) is 1. The maximum absolute atomic E-state index is 10.1. The number of benzene rings is 1. The molecule has 0 amide bonds. The molecule has 3 heteroatoms. The summed E-state index contributed by atoms with van der Waals surface area (Å²) in [5, 5.41) is 20.2. The summed E-state index contributed by atoms with van der Waals surface area (Å²) in [6.45, 7) is 6.38. The van der Waals surface area contributed by atoms with Crippen LogP contribution in [0.4, 0.5) is 0 Å². The Kier molecular flexibility index (Phi) is 3.49. The first kappa shape index (κ1) is 13.5. The lowest BCUT2D eigenvalue weighted by atomic mass is 9.83. The Morgan fingerprint density at radius 2 is 2.00 bits per heavy atom. The number of nitrogens with zero attached hydrogens (tertiary/aromatic N) is 1. The van der Waals surface area contributed by atoms with E-state index in [0.29, 0.717) is 13.0 Å². The van der Waals surface area contributed by atoms with Crippen molar-refractivity contribution in [3.63, 3.8) is 0 Å². The number of β-amino-alcohol motifs (C(OH)–C–C–N with tert-alkyl or cyclic N) is 1. The molecule has 3 nitrogen and oxygen atoms in total. The average molecular weight is 249 g/mol. The molecule has 0 aliphatic carbocycles. The minimum absolute atomic E-state index is 0.181. The van der Waals surface area contributed by atoms with Gasteiger partial charge in [0, 0.05) is 12.6 Å². The van der Waals surface area contributed by atoms with E-state index >= 15 is 0 Å². The van der Waals surface area contributed by atoms with Crippen molar-refractivity contribution < 1.29 is 10.2 Å². The largest absolute Gasteiger partial charge is 0.390 e. The van der Waals surface area contributed by atoms with Crippen molar-refractivity contribution in [3.05, 3.63) is 34.9 Å². The van der Waals surface area contributed by atoms with Gasteiger partial charge in [0.1, 0.15) is 5.60 Å². The van der Waals surface area contributed by atoms with Crippen LogP contribution < -0.4 is 0 Å². The topological polar surface area (TPSA) is 43.7 Å². The van der Waals surface area contributed by atoms with Gasteiger partial charge in [-0.15, -0.1) is 0 Å². The molecular formula is C15H23NO2. The fraction of sp³-hybridized carbons (Fsp3) is 0.600. The van der Waals surface area contributed by atoms with Gasteiger partial charge in [0.25, 0.3) is 0 Å². The van der Waals surface area contributed by atoms with Gasteiger partial charge >= 0.3 is 0 Å². The second-order valence-electron chi connectivity index (χ2n) is 5.90. The van der Waals surface area contributed by atoms with Gasteiger partial charge in [-0.3, -0.25) is 4.90 Å². The molecule has 2 rings (SSSR count). The minimum atomic E-state index is -1.01. The van der Waals surface area contributed by atoms with E-state index in [1.54, 1.807) is 6.92 Å². The summed E-state index contributed by atoms with van der Waals surface area (Å²) in [5.41, 5.74) is 2.74. The Labute approximate surface area is 109 Å². The van der Waals surface area contributed by atoms with Gasteiger partial charge < -0.3 is 10.2 Å². The van der Waals surface area contributed by atoms with Crippen molar-refractivity contribution in [3.8, 4) is 0 Å². The normalized spacial score (nSPS) is 33.7. The molecule has 0 saturated carbocycles. The number of aliphatic hydroxyl groups excluding tert-OH is 1. The molecule has 18 heavy (non-hydrogen) atoms. The highest BCUT2D eigenvalue weighted by molar-refractivity contribution is 5.33. The summed E-state index contributed by atoms with van der Waals surface area (Å²) in [7, 11) is 2.00. The van der Waals surface area contributed by atoms with Crippen molar-refractivity contribution in [2.75, 3.05) is 13.6 Å². The molecule has 100 valence electrons. The SMILES string of the molecule is Cc1ccc([C@@H]2C[C@H](O)[C@@](C)(O)CN2C)c(C)c1. The lowest BCUT2D eigenvalue weighted by molar-refractivity contribution is -0.121. The monoisotopic (exact) mass is 249 g/mol. The molecule has 1 fully saturated rings. The molecule has 1 aromatic rings. The molecule has 1 aliphatic rings. The highest BCUT2D eigenvalue weighted by Crippen LogP contribution is 2.35. The van der Waals surface area contributed by atoms with Crippen LogP contribution in [0.15, 0.2) is 18.2 Å². The summed E-state index contributed by atoms with van der Waals surface area (Å²) >= 11 is 0. The quantitative estimate of drug-likeness (QED) is 0.797. The number of hydrogen-bond acceptors (Lipinski definition) is 3. The Hall–Kier alpha value is -0.900. The Bertz CT molecular complexity index is 442. The average Bonchev–Trinajstić information content (AvgIpc) is 2.24. The van der Waals surface area contributed by atoms with E-state index in [1.165, 1.54) is 16.7 Å². The molecule has 1 aliphatic heterocycles. The predicted molar refractivity (Wildman–Crippen MR) is 72.5 cm³/mol. The van der Waals surface area contributed by atoms with E-state index in [0.717, 1.165) is 0 Å². The summed E-state index contributed by atoms with van der Waals surface area (Å²) in [6.07, 6.45) is -0.0904. The Balaban J connectivity index is 2.29. The molecular weight excluding hydrogens is 226 g/mol. The molecule has 0 spiro atoms. The smallest absolute Gasteiger partial charge is 0.100 e. The zero-order valence-corrected chi connectivity index (χ0v) is 11.6. The van der Waals surface area contributed by atoms with E-state index in [9.17, 15) is 10.2 Å². The summed E-state index contributed by atoms with van der Waals surface area (Å²) in [6, 6.07) is 6.59. The summed E-state index contributed by atoms with van der Waals surface area (Å²) in [4.78, 5) is 2.13. The third-order valence-electron chi connectivity index (χ3n) is 4.05. The van der Waals surface area contributed by atoms with Gasteiger partial charge in [0.2, 0.25) is 0 Å². The third kappa shape index (κ3) is 2.44. The number of aryl methyl sites for hydroxylation is 2. The highest BCUT2D eigenvalue weighted by Gasteiger charge is 2.40. The number of piperidine rings is 1. The molecule has 0 radical (unpaired) electrons. The van der Waals surface area contributed by atoms with Crippen LogP contribution in [-0.2, 0) is 0 Å². The number of hydrogen-bond donors (Lipinski definition) is 2. The first-order chi connectivity index (χ1) is 8.31. The van der Waals surface area contributed by atoms with Gasteiger partial charge in [0.15, 0.2) is 0 Å². The van der Waals surface area contributed by atoms with Crippen LogP contribution in [0.2, 0.25) is 0 Å². The third-order valence-corrected chi connectivity index (χ3v) is 4.05. The zero-order chi connectivity index (χ0) is 13.5. The van der Waals surface area contributed by atoms with E-state index in [2.05, 4.69) is 36.9 Å². The minimum Gasteiger partial charge on any atom is -0.390 e. The van der Waals surface area contributed by atoms with Crippen LogP contribution in [0.3, 0.4) is 0 Å².